The molecule has 1 N–H and O–H groups in total. The Labute approximate surface area is 218 Å². The SMILES string of the molecule is O=C(O)[C@@H]1C[C@@H](S(=O)(=O)c2ccc(OCC(F)(F)F)cc2Cl)CN1C(=O)C1(c2cccc(Br)c2)CC1. The molecule has 1 amide bonds. The molecule has 2 aliphatic rings. The number of amides is 1. The van der Waals surface area contributed by atoms with Gasteiger partial charge in [-0.1, -0.05) is 39.7 Å². The van der Waals surface area contributed by atoms with Crippen LogP contribution in [-0.2, 0) is 24.8 Å². The monoisotopic (exact) mass is 609 g/mol. The first-order valence-electron chi connectivity index (χ1n) is 10.8. The summed E-state index contributed by atoms with van der Waals surface area (Å²) in [5, 5.41) is 8.15. The van der Waals surface area contributed by atoms with Crippen LogP contribution in [0.3, 0.4) is 0 Å². The molecule has 0 bridgehead atoms. The number of ether oxygens (including phenoxy) is 1. The van der Waals surface area contributed by atoms with E-state index in [1.165, 1.54) is 0 Å². The summed E-state index contributed by atoms with van der Waals surface area (Å²) in [5.74, 6) is -2.05. The second-order valence-corrected chi connectivity index (χ2v) is 12.3. The van der Waals surface area contributed by atoms with Crippen LogP contribution >= 0.6 is 27.5 Å². The molecule has 0 unspecified atom stereocenters. The van der Waals surface area contributed by atoms with Gasteiger partial charge in [-0.25, -0.2) is 13.2 Å². The van der Waals surface area contributed by atoms with Crippen molar-refractivity contribution in [3.63, 3.8) is 0 Å². The smallest absolute Gasteiger partial charge is 0.422 e. The van der Waals surface area contributed by atoms with Gasteiger partial charge in [-0.05, 0) is 49.1 Å². The Morgan fingerprint density at radius 3 is 2.44 bits per heavy atom. The van der Waals surface area contributed by atoms with Crippen LogP contribution in [0.4, 0.5) is 13.2 Å². The molecule has 0 aromatic heterocycles. The summed E-state index contributed by atoms with van der Waals surface area (Å²) in [6.45, 7) is -1.92. The molecule has 2 atom stereocenters. The first kappa shape index (κ1) is 26.7. The first-order valence-corrected chi connectivity index (χ1v) is 13.5. The van der Waals surface area contributed by atoms with Crippen LogP contribution in [0.15, 0.2) is 51.8 Å². The van der Waals surface area contributed by atoms with Gasteiger partial charge in [-0.3, -0.25) is 4.79 Å². The van der Waals surface area contributed by atoms with Gasteiger partial charge in [0, 0.05) is 17.1 Å². The van der Waals surface area contributed by atoms with Crippen molar-refractivity contribution in [1.29, 1.82) is 0 Å². The number of alkyl halides is 3. The maximum Gasteiger partial charge on any atom is 0.422 e. The van der Waals surface area contributed by atoms with E-state index in [4.69, 9.17) is 11.6 Å². The summed E-state index contributed by atoms with van der Waals surface area (Å²) in [6.07, 6.45) is -3.92. The number of sulfone groups is 1. The van der Waals surface area contributed by atoms with Crippen molar-refractivity contribution in [3.05, 3.63) is 57.5 Å². The molecule has 1 heterocycles. The molecule has 0 radical (unpaired) electrons. The van der Waals surface area contributed by atoms with E-state index in [-0.39, 0.29) is 28.6 Å². The van der Waals surface area contributed by atoms with Crippen molar-refractivity contribution < 1.29 is 41.0 Å². The summed E-state index contributed by atoms with van der Waals surface area (Å²) in [5.41, 5.74) is -0.194. The molecular formula is C23H20BrClF3NO6S. The number of carboxylic acid groups (broad SMARTS) is 1. The number of aliphatic carboxylic acids is 1. The topological polar surface area (TPSA) is 101 Å². The lowest BCUT2D eigenvalue weighted by molar-refractivity contribution is -0.153. The zero-order chi connectivity index (χ0) is 26.5. The highest BCUT2D eigenvalue weighted by molar-refractivity contribution is 9.10. The van der Waals surface area contributed by atoms with E-state index >= 15 is 0 Å². The van der Waals surface area contributed by atoms with Crippen LogP contribution in [0.1, 0.15) is 24.8 Å². The van der Waals surface area contributed by atoms with Crippen LogP contribution in [-0.4, -0.2) is 60.9 Å². The summed E-state index contributed by atoms with van der Waals surface area (Å²) in [4.78, 5) is 26.3. The average Bonchev–Trinajstić information content (AvgIpc) is 3.47. The fourth-order valence-electron chi connectivity index (χ4n) is 4.44. The number of hydrogen-bond donors (Lipinski definition) is 1. The number of benzene rings is 2. The van der Waals surface area contributed by atoms with Gasteiger partial charge in [0.1, 0.15) is 11.8 Å². The highest BCUT2D eigenvalue weighted by atomic mass is 79.9. The van der Waals surface area contributed by atoms with Crippen LogP contribution in [0.2, 0.25) is 5.02 Å². The van der Waals surface area contributed by atoms with Gasteiger partial charge in [-0.2, -0.15) is 13.2 Å². The molecule has 2 aromatic carbocycles. The van der Waals surface area contributed by atoms with Crippen molar-refractivity contribution in [3.8, 4) is 5.75 Å². The molecule has 1 saturated carbocycles. The van der Waals surface area contributed by atoms with Gasteiger partial charge >= 0.3 is 12.1 Å². The van der Waals surface area contributed by atoms with E-state index in [1.807, 2.05) is 0 Å². The van der Waals surface area contributed by atoms with Gasteiger partial charge in [0.15, 0.2) is 16.4 Å². The molecule has 0 spiro atoms. The van der Waals surface area contributed by atoms with Gasteiger partial charge in [-0.15, -0.1) is 0 Å². The zero-order valence-electron chi connectivity index (χ0n) is 18.5. The molecule has 194 valence electrons. The summed E-state index contributed by atoms with van der Waals surface area (Å²) >= 11 is 9.44. The second-order valence-electron chi connectivity index (χ2n) is 8.80. The van der Waals surface area contributed by atoms with E-state index in [0.29, 0.717) is 12.8 Å². The number of carboxylic acids is 1. The number of carbonyl (C=O) groups excluding carboxylic acids is 1. The van der Waals surface area contributed by atoms with Crippen molar-refractivity contribution in [2.45, 2.75) is 47.0 Å². The molecule has 13 heteroatoms. The largest absolute Gasteiger partial charge is 0.484 e. The molecule has 1 aliphatic carbocycles. The van der Waals surface area contributed by atoms with Crippen LogP contribution in [0.25, 0.3) is 0 Å². The third-order valence-corrected chi connectivity index (χ3v) is 9.50. The molecule has 4 rings (SSSR count). The maximum absolute atomic E-state index is 13.5. The van der Waals surface area contributed by atoms with E-state index in [1.54, 1.807) is 24.3 Å². The third-order valence-electron chi connectivity index (χ3n) is 6.40. The average molecular weight is 611 g/mol. The van der Waals surface area contributed by atoms with Crippen LogP contribution in [0, 0.1) is 0 Å². The molecule has 2 aromatic rings. The number of rotatable bonds is 7. The fraction of sp³-hybridized carbons (Fsp3) is 0.391. The highest BCUT2D eigenvalue weighted by Gasteiger charge is 2.57. The van der Waals surface area contributed by atoms with Gasteiger partial charge in [0.2, 0.25) is 5.91 Å². The van der Waals surface area contributed by atoms with Gasteiger partial charge in [0.05, 0.1) is 20.6 Å². The van der Waals surface area contributed by atoms with E-state index in [9.17, 15) is 36.3 Å². The lowest BCUT2D eigenvalue weighted by Crippen LogP contribution is -2.46. The lowest BCUT2D eigenvalue weighted by atomic mass is 9.94. The Morgan fingerprint density at radius 1 is 1.19 bits per heavy atom. The fourth-order valence-corrected chi connectivity index (χ4v) is 7.07. The minimum absolute atomic E-state index is 0.271. The molecule has 2 fully saturated rings. The Balaban J connectivity index is 1.58. The van der Waals surface area contributed by atoms with E-state index in [2.05, 4.69) is 20.7 Å². The van der Waals surface area contributed by atoms with Crippen molar-refractivity contribution >= 4 is 49.2 Å². The normalized spacial score (nSPS) is 21.3. The Morgan fingerprint density at radius 2 is 1.89 bits per heavy atom. The highest BCUT2D eigenvalue weighted by Crippen LogP contribution is 2.51. The maximum atomic E-state index is 13.5. The molecule has 7 nitrogen and oxygen atoms in total. The first-order chi connectivity index (χ1) is 16.7. The number of likely N-dealkylation sites (tertiary alicyclic amines) is 1. The predicted molar refractivity (Wildman–Crippen MR) is 127 cm³/mol. The van der Waals surface area contributed by atoms with Crippen LogP contribution in [0.5, 0.6) is 5.75 Å². The Bertz CT molecular complexity index is 1320. The second kappa shape index (κ2) is 9.53. The third kappa shape index (κ3) is 5.21. The quantitative estimate of drug-likeness (QED) is 0.492. The molecular weight excluding hydrogens is 591 g/mol. The predicted octanol–water partition coefficient (Wildman–Crippen LogP) is 4.60. The van der Waals surface area contributed by atoms with Gasteiger partial charge in [0.25, 0.3) is 0 Å². The minimum Gasteiger partial charge on any atom is -0.484 e. The molecule has 1 saturated heterocycles. The van der Waals surface area contributed by atoms with Gasteiger partial charge < -0.3 is 14.7 Å². The zero-order valence-corrected chi connectivity index (χ0v) is 21.6. The van der Waals surface area contributed by atoms with Crippen LogP contribution < -0.4 is 4.74 Å². The van der Waals surface area contributed by atoms with E-state index in [0.717, 1.165) is 33.1 Å². The number of carbonyl (C=O) groups is 2. The van der Waals surface area contributed by atoms with E-state index < -0.39 is 51.2 Å². The summed E-state index contributed by atoms with van der Waals surface area (Å²) < 4.78 is 69.3. The summed E-state index contributed by atoms with van der Waals surface area (Å²) in [6, 6.07) is 8.80. The standard InChI is InChI=1S/C23H20BrClF3NO6S/c24-14-3-1-2-13(8-14)22(6-7-22)21(32)29-11-16(10-18(29)20(30)31)36(33,34)19-5-4-15(9-17(19)25)35-12-23(26,27)28/h1-5,8-9,16,18H,6-7,10-12H2,(H,30,31)/t16-,18+/m1/s1. The van der Waals surface area contributed by atoms with Crippen molar-refractivity contribution in [1.82, 2.24) is 4.90 Å². The van der Waals surface area contributed by atoms with Crippen molar-refractivity contribution in [2.24, 2.45) is 0 Å². The molecule has 36 heavy (non-hydrogen) atoms. The number of nitrogens with zero attached hydrogens (tertiary/aromatic N) is 1. The minimum atomic E-state index is -4.59. The number of halogens is 5. The number of hydrogen-bond acceptors (Lipinski definition) is 5. The lowest BCUT2D eigenvalue weighted by Gasteiger charge is -2.27. The Kier molecular flexibility index (Phi) is 7.08. The van der Waals surface area contributed by atoms with Crippen molar-refractivity contribution in [2.75, 3.05) is 13.2 Å². The molecule has 1 aliphatic heterocycles. The Hall–Kier alpha value is -2.31. The summed E-state index contributed by atoms with van der Waals surface area (Å²) in [7, 11) is -4.23.